The minimum atomic E-state index is -0.344. The zero-order valence-corrected chi connectivity index (χ0v) is 13.2. The molecule has 5 nitrogen and oxygen atoms in total. The van der Waals surface area contributed by atoms with E-state index in [1.807, 2.05) is 18.2 Å². The number of hydrogen-bond acceptors (Lipinski definition) is 3. The minimum absolute atomic E-state index is 0.344. The number of carbonyl (C=O) groups excluding carboxylic acids is 1. The molecule has 0 unspecified atom stereocenters. The predicted octanol–water partition coefficient (Wildman–Crippen LogP) is 4.11. The maximum Gasteiger partial charge on any atom is 0.323 e. The van der Waals surface area contributed by atoms with Crippen LogP contribution in [0.3, 0.4) is 0 Å². The van der Waals surface area contributed by atoms with E-state index in [1.54, 1.807) is 38.5 Å². The van der Waals surface area contributed by atoms with Crippen molar-refractivity contribution >= 4 is 33.3 Å². The summed E-state index contributed by atoms with van der Waals surface area (Å²) < 4.78 is 11.2. The zero-order chi connectivity index (χ0) is 15.2. The molecule has 2 N–H and O–H groups in total. The molecule has 21 heavy (non-hydrogen) atoms. The fraction of sp³-hybridized carbons (Fsp3) is 0.133. The molecule has 0 aliphatic rings. The van der Waals surface area contributed by atoms with Gasteiger partial charge in [-0.1, -0.05) is 22.0 Å². The van der Waals surface area contributed by atoms with Gasteiger partial charge >= 0.3 is 6.03 Å². The van der Waals surface area contributed by atoms with Gasteiger partial charge in [0.1, 0.15) is 11.5 Å². The number of ether oxygens (including phenoxy) is 2. The van der Waals surface area contributed by atoms with Gasteiger partial charge in [0.15, 0.2) is 0 Å². The van der Waals surface area contributed by atoms with Crippen LogP contribution in [0.5, 0.6) is 11.5 Å². The van der Waals surface area contributed by atoms with Crippen LogP contribution >= 0.6 is 15.9 Å². The maximum atomic E-state index is 12.0. The summed E-state index contributed by atoms with van der Waals surface area (Å²) in [7, 11) is 3.11. The highest BCUT2D eigenvalue weighted by Gasteiger charge is 2.06. The molecule has 110 valence electrons. The highest BCUT2D eigenvalue weighted by molar-refractivity contribution is 9.10. The van der Waals surface area contributed by atoms with E-state index in [9.17, 15) is 4.79 Å². The monoisotopic (exact) mass is 350 g/mol. The van der Waals surface area contributed by atoms with Crippen LogP contribution in [0.15, 0.2) is 46.9 Å². The summed E-state index contributed by atoms with van der Waals surface area (Å²) in [4.78, 5) is 12.0. The van der Waals surface area contributed by atoms with Crippen LogP contribution in [0, 0.1) is 0 Å². The van der Waals surface area contributed by atoms with Crippen molar-refractivity contribution in [3.05, 3.63) is 46.9 Å². The van der Waals surface area contributed by atoms with E-state index in [-0.39, 0.29) is 6.03 Å². The molecule has 0 heterocycles. The summed E-state index contributed by atoms with van der Waals surface area (Å²) in [5.74, 6) is 1.21. The number of rotatable bonds is 4. The highest BCUT2D eigenvalue weighted by atomic mass is 79.9. The number of halogens is 1. The first-order chi connectivity index (χ1) is 10.1. The summed E-state index contributed by atoms with van der Waals surface area (Å²) in [5.41, 5.74) is 1.27. The largest absolute Gasteiger partial charge is 0.497 e. The lowest BCUT2D eigenvalue weighted by Crippen LogP contribution is -2.19. The Labute approximate surface area is 131 Å². The van der Waals surface area contributed by atoms with Crippen molar-refractivity contribution in [2.45, 2.75) is 0 Å². The zero-order valence-electron chi connectivity index (χ0n) is 11.6. The predicted molar refractivity (Wildman–Crippen MR) is 86.3 cm³/mol. The molecule has 0 atom stereocenters. The second-order valence-corrected chi connectivity index (χ2v) is 5.11. The van der Waals surface area contributed by atoms with Crippen molar-refractivity contribution < 1.29 is 14.3 Å². The Bertz CT molecular complexity index is 624. The number of urea groups is 1. The molecule has 6 heteroatoms. The second kappa shape index (κ2) is 6.99. The van der Waals surface area contributed by atoms with Gasteiger partial charge in [0, 0.05) is 34.0 Å². The number of methoxy groups -OCH3 is 2. The first-order valence-corrected chi connectivity index (χ1v) is 6.96. The van der Waals surface area contributed by atoms with Gasteiger partial charge in [-0.2, -0.15) is 0 Å². The van der Waals surface area contributed by atoms with Crippen LogP contribution in [-0.4, -0.2) is 20.3 Å². The normalized spacial score (nSPS) is 9.86. The van der Waals surface area contributed by atoms with Crippen LogP contribution in [-0.2, 0) is 0 Å². The second-order valence-electron chi connectivity index (χ2n) is 4.19. The lowest BCUT2D eigenvalue weighted by atomic mass is 10.3. The number of carbonyl (C=O) groups is 1. The Morgan fingerprint density at radius 2 is 1.57 bits per heavy atom. The molecule has 2 amide bonds. The number of hydrogen-bond donors (Lipinski definition) is 2. The Morgan fingerprint density at radius 1 is 0.952 bits per heavy atom. The molecule has 0 radical (unpaired) electrons. The summed E-state index contributed by atoms with van der Waals surface area (Å²) in [5, 5.41) is 5.48. The van der Waals surface area contributed by atoms with Crippen LogP contribution in [0.1, 0.15) is 0 Å². The van der Waals surface area contributed by atoms with Crippen molar-refractivity contribution in [2.75, 3.05) is 24.9 Å². The van der Waals surface area contributed by atoms with Gasteiger partial charge in [0.05, 0.1) is 14.2 Å². The Balaban J connectivity index is 2.08. The van der Waals surface area contributed by atoms with E-state index in [2.05, 4.69) is 26.6 Å². The average Bonchev–Trinajstić information content (AvgIpc) is 2.46. The van der Waals surface area contributed by atoms with Crippen molar-refractivity contribution in [3.63, 3.8) is 0 Å². The van der Waals surface area contributed by atoms with Gasteiger partial charge < -0.3 is 20.1 Å². The van der Waals surface area contributed by atoms with Crippen LogP contribution < -0.4 is 20.1 Å². The van der Waals surface area contributed by atoms with Crippen LogP contribution in [0.2, 0.25) is 0 Å². The standard InChI is InChI=1S/C15H15BrN2O3/c1-20-13-7-12(8-14(9-13)21-2)18-15(19)17-11-5-3-4-10(16)6-11/h3-9H,1-2H3,(H2,17,18,19). The van der Waals surface area contributed by atoms with Crippen molar-refractivity contribution in [1.29, 1.82) is 0 Å². The van der Waals surface area contributed by atoms with Gasteiger partial charge in [-0.25, -0.2) is 4.79 Å². The lowest BCUT2D eigenvalue weighted by molar-refractivity contribution is 0.262. The molecule has 2 aromatic carbocycles. The maximum absolute atomic E-state index is 12.0. The number of anilines is 2. The number of benzene rings is 2. The van der Waals surface area contributed by atoms with Crippen LogP contribution in [0.4, 0.5) is 16.2 Å². The molecule has 0 saturated heterocycles. The molecule has 0 spiro atoms. The molecule has 0 fully saturated rings. The quantitative estimate of drug-likeness (QED) is 0.872. The van der Waals surface area contributed by atoms with E-state index in [0.717, 1.165) is 4.47 Å². The van der Waals surface area contributed by atoms with E-state index in [4.69, 9.17) is 9.47 Å². The first-order valence-electron chi connectivity index (χ1n) is 6.17. The van der Waals surface area contributed by atoms with Gasteiger partial charge in [0.2, 0.25) is 0 Å². The molecule has 0 saturated carbocycles. The molecule has 2 aromatic rings. The third-order valence-corrected chi connectivity index (χ3v) is 3.19. The summed E-state index contributed by atoms with van der Waals surface area (Å²) >= 11 is 3.35. The molecule has 0 aromatic heterocycles. The minimum Gasteiger partial charge on any atom is -0.497 e. The summed E-state index contributed by atoms with van der Waals surface area (Å²) in [6.45, 7) is 0. The number of amides is 2. The highest BCUT2D eigenvalue weighted by Crippen LogP contribution is 2.26. The molecule has 0 bridgehead atoms. The Hall–Kier alpha value is -2.21. The average molecular weight is 351 g/mol. The van der Waals surface area contributed by atoms with Crippen molar-refractivity contribution in [1.82, 2.24) is 0 Å². The molecular formula is C15H15BrN2O3. The Morgan fingerprint density at radius 3 is 2.14 bits per heavy atom. The fourth-order valence-corrected chi connectivity index (χ4v) is 2.14. The SMILES string of the molecule is COc1cc(NC(=O)Nc2cccc(Br)c2)cc(OC)c1. The fourth-order valence-electron chi connectivity index (χ4n) is 1.74. The van der Waals surface area contributed by atoms with Gasteiger partial charge in [0.25, 0.3) is 0 Å². The number of nitrogens with one attached hydrogen (secondary N) is 2. The van der Waals surface area contributed by atoms with Crippen molar-refractivity contribution in [2.24, 2.45) is 0 Å². The summed E-state index contributed by atoms with van der Waals surface area (Å²) in [6, 6.07) is 12.2. The molecular weight excluding hydrogens is 336 g/mol. The third-order valence-electron chi connectivity index (χ3n) is 2.69. The van der Waals surface area contributed by atoms with E-state index >= 15 is 0 Å². The smallest absolute Gasteiger partial charge is 0.323 e. The van der Waals surface area contributed by atoms with Gasteiger partial charge in [-0.05, 0) is 18.2 Å². The van der Waals surface area contributed by atoms with Gasteiger partial charge in [-0.3, -0.25) is 0 Å². The van der Waals surface area contributed by atoms with E-state index < -0.39 is 0 Å². The van der Waals surface area contributed by atoms with Crippen LogP contribution in [0.25, 0.3) is 0 Å². The topological polar surface area (TPSA) is 59.6 Å². The molecule has 0 aliphatic carbocycles. The van der Waals surface area contributed by atoms with E-state index in [0.29, 0.717) is 22.9 Å². The molecule has 2 rings (SSSR count). The summed E-state index contributed by atoms with van der Waals surface area (Å²) in [6.07, 6.45) is 0. The van der Waals surface area contributed by atoms with E-state index in [1.165, 1.54) is 0 Å². The van der Waals surface area contributed by atoms with Crippen molar-refractivity contribution in [3.8, 4) is 11.5 Å². The van der Waals surface area contributed by atoms with Gasteiger partial charge in [-0.15, -0.1) is 0 Å². The Kier molecular flexibility index (Phi) is 5.05. The third kappa shape index (κ3) is 4.39. The molecule has 0 aliphatic heterocycles. The first kappa shape index (κ1) is 15.2. The lowest BCUT2D eigenvalue weighted by Gasteiger charge is -2.11.